The Morgan fingerprint density at radius 2 is 1.86 bits per heavy atom. The molecule has 0 radical (unpaired) electrons. The number of sulfone groups is 1. The average Bonchev–Trinajstić information content (AvgIpc) is 3.07. The Kier molecular flexibility index (Phi) is 11.3. The molecule has 11 nitrogen and oxygen atoms in total. The summed E-state index contributed by atoms with van der Waals surface area (Å²) in [6, 6.07) is 4.72. The molecule has 1 amide bonds. The summed E-state index contributed by atoms with van der Waals surface area (Å²) in [5, 5.41) is 12.7. The number of hydrogen-bond donors (Lipinski definition) is 2. The van der Waals surface area contributed by atoms with Gasteiger partial charge in [-0.3, -0.25) is 9.36 Å². The third-order valence-corrected chi connectivity index (χ3v) is 11.6. The van der Waals surface area contributed by atoms with Gasteiger partial charge >= 0.3 is 6.09 Å². The number of fused-ring (bicyclic) bond motifs is 1. The molecule has 0 bridgehead atoms. The third-order valence-electron chi connectivity index (χ3n) is 9.85. The smallest absolute Gasteiger partial charge is 0.407 e. The number of piperidine rings is 1. The van der Waals surface area contributed by atoms with Crippen molar-refractivity contribution in [1.29, 1.82) is 0 Å². The predicted octanol–water partition coefficient (Wildman–Crippen LogP) is 6.03. The van der Waals surface area contributed by atoms with Gasteiger partial charge in [-0.15, -0.1) is 0 Å². The van der Waals surface area contributed by atoms with Crippen LogP contribution < -0.4 is 10.9 Å². The molecule has 2 N–H and O–H groups in total. The Labute approximate surface area is 282 Å². The van der Waals surface area contributed by atoms with E-state index in [4.69, 9.17) is 5.11 Å². The molecule has 2 fully saturated rings. The van der Waals surface area contributed by atoms with Gasteiger partial charge in [0, 0.05) is 43.6 Å². The van der Waals surface area contributed by atoms with Gasteiger partial charge in [-0.1, -0.05) is 18.2 Å². The minimum atomic E-state index is -3.45. The lowest BCUT2D eigenvalue weighted by molar-refractivity contribution is -0.107. The van der Waals surface area contributed by atoms with E-state index in [1.165, 1.54) is 27.9 Å². The van der Waals surface area contributed by atoms with E-state index in [1.54, 1.807) is 13.0 Å². The van der Waals surface area contributed by atoms with E-state index in [2.05, 4.69) is 15.3 Å². The summed E-state index contributed by atoms with van der Waals surface area (Å²) in [6.07, 6.45) is 3.55. The Morgan fingerprint density at radius 3 is 2.53 bits per heavy atom. The van der Waals surface area contributed by atoms with Gasteiger partial charge in [-0.2, -0.15) is 0 Å². The van der Waals surface area contributed by atoms with Gasteiger partial charge in [-0.05, 0) is 69.8 Å². The van der Waals surface area contributed by atoms with Gasteiger partial charge in [0.05, 0.1) is 28.5 Å². The number of carbonyl (C=O) groups excluding carboxylic acids is 1. The van der Waals surface area contributed by atoms with Crippen molar-refractivity contribution in [3.05, 3.63) is 63.5 Å². The first-order valence-corrected chi connectivity index (χ1v) is 18.6. The van der Waals surface area contributed by atoms with E-state index in [0.29, 0.717) is 48.7 Å². The maximum Gasteiger partial charge on any atom is 0.407 e. The number of rotatable bonds is 13. The Morgan fingerprint density at radius 1 is 1.14 bits per heavy atom. The number of aromatic nitrogens is 3. The number of anilines is 1. The largest absolute Gasteiger partial charge is 0.465 e. The summed E-state index contributed by atoms with van der Waals surface area (Å²) < 4.78 is 72.6. The molecule has 2 saturated heterocycles. The SMILES string of the molecule is C[C@@H](Nc1ncnc2c1cc(C1CCS(=O)(=O)CC1)c(=O)n2CCCCC=O)c1cccc(C(F)(F)CCC2CCN(C(=O)O)CC2)c1F. The minimum absolute atomic E-state index is 0.00130. The van der Waals surface area contributed by atoms with Crippen molar-refractivity contribution in [1.82, 2.24) is 19.4 Å². The number of carbonyl (C=O) groups is 2. The second kappa shape index (κ2) is 15.3. The summed E-state index contributed by atoms with van der Waals surface area (Å²) in [5.41, 5.74) is -0.284. The van der Waals surface area contributed by atoms with E-state index in [9.17, 15) is 22.8 Å². The Balaban J connectivity index is 1.40. The van der Waals surface area contributed by atoms with E-state index in [-0.39, 0.29) is 79.2 Å². The number of hydrogen-bond acceptors (Lipinski definition) is 8. The van der Waals surface area contributed by atoms with E-state index < -0.39 is 45.7 Å². The molecule has 0 saturated carbocycles. The van der Waals surface area contributed by atoms with Crippen LogP contribution in [0.1, 0.15) is 93.4 Å². The minimum Gasteiger partial charge on any atom is -0.465 e. The predicted molar refractivity (Wildman–Crippen MR) is 178 cm³/mol. The van der Waals surface area contributed by atoms with Crippen LogP contribution in [0.15, 0.2) is 35.4 Å². The van der Waals surface area contributed by atoms with Crippen molar-refractivity contribution < 1.29 is 36.3 Å². The van der Waals surface area contributed by atoms with Crippen LogP contribution in [0, 0.1) is 11.7 Å². The highest BCUT2D eigenvalue weighted by Crippen LogP contribution is 2.39. The third kappa shape index (κ3) is 8.42. The van der Waals surface area contributed by atoms with Crippen LogP contribution in [0.4, 0.5) is 23.8 Å². The lowest BCUT2D eigenvalue weighted by atomic mass is 9.89. The molecule has 0 aliphatic carbocycles. The second-order valence-corrected chi connectivity index (χ2v) is 15.4. The quantitative estimate of drug-likeness (QED) is 0.161. The molecule has 3 aromatic rings. The summed E-state index contributed by atoms with van der Waals surface area (Å²) in [5.74, 6) is -4.69. The standard InChI is InChI=1S/C34H42F3N5O6S/c1-22(25-6-5-7-28(29(25)35)34(36,37)13-8-23-9-15-41(16-10-23)33(45)46)40-30-27-20-26(24-11-18-49(47,48)19-12-24)32(44)42(14-3-2-4-17-43)31(27)39-21-38-30/h5-7,17,20-24H,2-4,8-16,18-19H2,1H3,(H,45,46)(H,38,39,40)/t22-/m1/s1. The van der Waals surface area contributed by atoms with E-state index in [0.717, 1.165) is 12.4 Å². The summed E-state index contributed by atoms with van der Waals surface area (Å²) >= 11 is 0. The fraction of sp³-hybridized carbons (Fsp3) is 0.559. The number of halogens is 3. The Bertz CT molecular complexity index is 1830. The molecule has 1 aromatic carbocycles. The molecule has 15 heteroatoms. The maximum atomic E-state index is 15.9. The van der Waals surface area contributed by atoms with Crippen LogP contribution in [0.5, 0.6) is 0 Å². The van der Waals surface area contributed by atoms with Crippen LogP contribution in [0.2, 0.25) is 0 Å². The fourth-order valence-corrected chi connectivity index (χ4v) is 8.39. The number of alkyl halides is 2. The van der Waals surface area contributed by atoms with Crippen LogP contribution in [-0.2, 0) is 27.1 Å². The summed E-state index contributed by atoms with van der Waals surface area (Å²) in [4.78, 5) is 45.8. The number of benzene rings is 1. The number of aryl methyl sites for hydroxylation is 1. The molecule has 5 rings (SSSR count). The molecule has 0 unspecified atom stereocenters. The second-order valence-electron chi connectivity index (χ2n) is 13.1. The number of aldehydes is 1. The van der Waals surface area contributed by atoms with Crippen LogP contribution >= 0.6 is 0 Å². The molecule has 4 heterocycles. The number of unbranched alkanes of at least 4 members (excludes halogenated alkanes) is 2. The normalized spacial score (nSPS) is 18.0. The van der Waals surface area contributed by atoms with Crippen molar-refractivity contribution in [2.45, 2.75) is 89.1 Å². The molecule has 0 spiro atoms. The van der Waals surface area contributed by atoms with Crippen molar-refractivity contribution in [3.63, 3.8) is 0 Å². The monoisotopic (exact) mass is 705 g/mol. The Hall–Kier alpha value is -4.01. The first-order valence-electron chi connectivity index (χ1n) is 16.7. The van der Waals surface area contributed by atoms with Crippen LogP contribution in [0.3, 0.4) is 0 Å². The van der Waals surface area contributed by atoms with Crippen LogP contribution in [0.25, 0.3) is 11.0 Å². The molecule has 2 aliphatic heterocycles. The van der Waals surface area contributed by atoms with Crippen molar-refractivity contribution in [2.75, 3.05) is 29.9 Å². The molecular formula is C34H42F3N5O6S. The maximum absolute atomic E-state index is 15.9. The number of pyridine rings is 1. The summed E-state index contributed by atoms with van der Waals surface area (Å²) in [6.45, 7) is 2.46. The average molecular weight is 706 g/mol. The van der Waals surface area contributed by atoms with Gasteiger partial charge in [0.25, 0.3) is 11.5 Å². The van der Waals surface area contributed by atoms with E-state index >= 15 is 13.2 Å². The first-order chi connectivity index (χ1) is 23.3. The van der Waals surface area contributed by atoms with Gasteiger partial charge < -0.3 is 20.1 Å². The number of amides is 1. The molecule has 1 atom stereocenters. The topological polar surface area (TPSA) is 152 Å². The molecule has 266 valence electrons. The number of likely N-dealkylation sites (tertiary alicyclic amines) is 1. The highest BCUT2D eigenvalue weighted by Gasteiger charge is 2.37. The molecule has 2 aromatic heterocycles. The lowest BCUT2D eigenvalue weighted by Gasteiger charge is -2.31. The molecular weight excluding hydrogens is 663 g/mol. The van der Waals surface area contributed by atoms with Gasteiger partial charge in [0.2, 0.25) is 0 Å². The van der Waals surface area contributed by atoms with Crippen molar-refractivity contribution in [3.8, 4) is 0 Å². The van der Waals surface area contributed by atoms with Crippen molar-refractivity contribution in [2.24, 2.45) is 5.92 Å². The number of nitrogens with zero attached hydrogens (tertiary/aromatic N) is 4. The zero-order valence-corrected chi connectivity index (χ0v) is 28.2. The van der Waals surface area contributed by atoms with Gasteiger partial charge in [0.1, 0.15) is 39.7 Å². The van der Waals surface area contributed by atoms with Crippen LogP contribution in [-0.4, -0.2) is 69.9 Å². The molecule has 2 aliphatic rings. The fourth-order valence-electron chi connectivity index (χ4n) is 6.90. The summed E-state index contributed by atoms with van der Waals surface area (Å²) in [7, 11) is -3.19. The number of carboxylic acid groups (broad SMARTS) is 1. The van der Waals surface area contributed by atoms with Gasteiger partial charge in [0.15, 0.2) is 0 Å². The highest BCUT2D eigenvalue weighted by molar-refractivity contribution is 7.91. The molecule has 49 heavy (non-hydrogen) atoms. The van der Waals surface area contributed by atoms with E-state index in [1.807, 2.05) is 0 Å². The number of nitrogens with one attached hydrogen (secondary N) is 1. The lowest BCUT2D eigenvalue weighted by Crippen LogP contribution is -2.37. The van der Waals surface area contributed by atoms with Gasteiger partial charge in [-0.25, -0.2) is 36.4 Å². The van der Waals surface area contributed by atoms with Crippen molar-refractivity contribution >= 4 is 39.1 Å². The highest BCUT2D eigenvalue weighted by atomic mass is 32.2. The first kappa shape index (κ1) is 36.3. The zero-order chi connectivity index (χ0) is 35.3. The zero-order valence-electron chi connectivity index (χ0n) is 27.4.